The van der Waals surface area contributed by atoms with E-state index in [2.05, 4.69) is 20.2 Å². The summed E-state index contributed by atoms with van der Waals surface area (Å²) in [5.41, 5.74) is 6.60. The number of aromatic nitrogens is 4. The van der Waals surface area contributed by atoms with Crippen molar-refractivity contribution in [2.45, 2.75) is 32.6 Å². The molecule has 1 atom stereocenters. The first kappa shape index (κ1) is 19.5. The molecule has 8 heteroatoms. The van der Waals surface area contributed by atoms with Crippen molar-refractivity contribution in [1.29, 1.82) is 0 Å². The molecule has 3 aromatic rings. The lowest BCUT2D eigenvalue weighted by atomic mass is 9.93. The molecule has 6 nitrogen and oxygen atoms in total. The van der Waals surface area contributed by atoms with E-state index < -0.39 is 23.5 Å². The molecule has 1 unspecified atom stereocenters. The lowest BCUT2D eigenvalue weighted by Gasteiger charge is -2.17. The monoisotopic (exact) mass is 383 g/mol. The zero-order chi connectivity index (χ0) is 20.4. The van der Waals surface area contributed by atoms with Gasteiger partial charge in [0.1, 0.15) is 23.2 Å². The predicted octanol–water partition coefficient (Wildman–Crippen LogP) is 3.59. The van der Waals surface area contributed by atoms with Crippen molar-refractivity contribution in [1.82, 2.24) is 20.2 Å². The first-order valence-corrected chi connectivity index (χ1v) is 8.74. The SMILES string of the molecule is CC(C)c1cc(-c2c(F)cccc2F)nnc1C(C)c1nccc(C(N)=O)n1. The molecule has 0 saturated carbocycles. The van der Waals surface area contributed by atoms with Crippen LogP contribution in [0.15, 0.2) is 36.5 Å². The van der Waals surface area contributed by atoms with E-state index in [9.17, 15) is 13.6 Å². The van der Waals surface area contributed by atoms with Gasteiger partial charge in [0.25, 0.3) is 5.91 Å². The fraction of sp³-hybridized carbons (Fsp3) is 0.250. The highest BCUT2D eigenvalue weighted by Crippen LogP contribution is 2.31. The van der Waals surface area contributed by atoms with E-state index in [0.717, 1.165) is 5.56 Å². The number of benzene rings is 1. The van der Waals surface area contributed by atoms with E-state index >= 15 is 0 Å². The average molecular weight is 383 g/mol. The van der Waals surface area contributed by atoms with Crippen molar-refractivity contribution >= 4 is 5.91 Å². The van der Waals surface area contributed by atoms with Gasteiger partial charge < -0.3 is 5.73 Å². The van der Waals surface area contributed by atoms with Crippen molar-refractivity contribution in [2.75, 3.05) is 0 Å². The third-order valence-electron chi connectivity index (χ3n) is 4.42. The molecule has 0 aliphatic heterocycles. The molecule has 0 fully saturated rings. The average Bonchev–Trinajstić information content (AvgIpc) is 2.67. The summed E-state index contributed by atoms with van der Waals surface area (Å²) >= 11 is 0. The van der Waals surface area contributed by atoms with E-state index in [-0.39, 0.29) is 22.9 Å². The van der Waals surface area contributed by atoms with Crippen LogP contribution in [-0.2, 0) is 0 Å². The third-order valence-corrected chi connectivity index (χ3v) is 4.42. The Kier molecular flexibility index (Phi) is 5.39. The minimum absolute atomic E-state index is 0.000794. The molecule has 144 valence electrons. The molecular formula is C20H19F2N5O. The summed E-state index contributed by atoms with van der Waals surface area (Å²) < 4.78 is 28.3. The van der Waals surface area contributed by atoms with Gasteiger partial charge in [-0.1, -0.05) is 19.9 Å². The van der Waals surface area contributed by atoms with E-state index in [1.165, 1.54) is 30.5 Å². The molecule has 2 aromatic heterocycles. The zero-order valence-corrected chi connectivity index (χ0v) is 15.6. The van der Waals surface area contributed by atoms with Gasteiger partial charge in [0.15, 0.2) is 0 Å². The molecule has 1 aromatic carbocycles. The van der Waals surface area contributed by atoms with Crippen molar-refractivity contribution < 1.29 is 13.6 Å². The molecule has 28 heavy (non-hydrogen) atoms. The highest BCUT2D eigenvalue weighted by atomic mass is 19.1. The molecule has 0 bridgehead atoms. The van der Waals surface area contributed by atoms with Crippen LogP contribution in [0.3, 0.4) is 0 Å². The molecule has 0 radical (unpaired) electrons. The number of primary amides is 1. The van der Waals surface area contributed by atoms with E-state index in [1.54, 1.807) is 6.07 Å². The van der Waals surface area contributed by atoms with Crippen LogP contribution in [-0.4, -0.2) is 26.1 Å². The van der Waals surface area contributed by atoms with Crippen LogP contribution in [0.4, 0.5) is 8.78 Å². The lowest BCUT2D eigenvalue weighted by molar-refractivity contribution is 0.0995. The molecule has 0 spiro atoms. The van der Waals surface area contributed by atoms with E-state index in [0.29, 0.717) is 11.5 Å². The van der Waals surface area contributed by atoms with E-state index in [1.807, 2.05) is 20.8 Å². The quantitative estimate of drug-likeness (QED) is 0.727. The second-order valence-electron chi connectivity index (χ2n) is 6.71. The maximum Gasteiger partial charge on any atom is 0.267 e. The normalized spacial score (nSPS) is 12.2. The van der Waals surface area contributed by atoms with Gasteiger partial charge in [-0.2, -0.15) is 5.10 Å². The number of hydrogen-bond donors (Lipinski definition) is 1. The molecule has 2 N–H and O–H groups in total. The van der Waals surface area contributed by atoms with Crippen LogP contribution in [0.5, 0.6) is 0 Å². The maximum atomic E-state index is 14.1. The minimum Gasteiger partial charge on any atom is -0.364 e. The minimum atomic E-state index is -0.706. The summed E-state index contributed by atoms with van der Waals surface area (Å²) in [5, 5.41) is 8.27. The molecule has 0 aliphatic rings. The number of carbonyl (C=O) groups is 1. The number of amides is 1. The lowest BCUT2D eigenvalue weighted by Crippen LogP contribution is -2.16. The summed E-state index contributed by atoms with van der Waals surface area (Å²) in [4.78, 5) is 19.8. The Morgan fingerprint density at radius 1 is 1.07 bits per heavy atom. The fourth-order valence-electron chi connectivity index (χ4n) is 2.92. The molecular weight excluding hydrogens is 364 g/mol. The first-order chi connectivity index (χ1) is 13.3. The Balaban J connectivity index is 2.10. The molecule has 0 saturated heterocycles. The second kappa shape index (κ2) is 7.75. The van der Waals surface area contributed by atoms with Crippen LogP contribution in [0.25, 0.3) is 11.3 Å². The van der Waals surface area contributed by atoms with Gasteiger partial charge in [0.05, 0.1) is 22.9 Å². The largest absolute Gasteiger partial charge is 0.364 e. The predicted molar refractivity (Wildman–Crippen MR) is 99.5 cm³/mol. The van der Waals surface area contributed by atoms with Crippen molar-refractivity contribution in [3.05, 3.63) is 70.9 Å². The van der Waals surface area contributed by atoms with Gasteiger partial charge in [-0.25, -0.2) is 18.7 Å². The summed E-state index contributed by atoms with van der Waals surface area (Å²) in [6.07, 6.45) is 1.45. The Morgan fingerprint density at radius 2 is 1.75 bits per heavy atom. The van der Waals surface area contributed by atoms with Crippen LogP contribution in [0.1, 0.15) is 60.2 Å². The van der Waals surface area contributed by atoms with Gasteiger partial charge in [0, 0.05) is 6.20 Å². The number of nitrogens with two attached hydrogens (primary N) is 1. The Bertz CT molecular complexity index is 1020. The third kappa shape index (κ3) is 3.71. The van der Waals surface area contributed by atoms with Gasteiger partial charge in [-0.3, -0.25) is 4.79 Å². The Morgan fingerprint density at radius 3 is 2.36 bits per heavy atom. The van der Waals surface area contributed by atoms with Gasteiger partial charge in [-0.15, -0.1) is 5.10 Å². The number of nitrogens with zero attached hydrogens (tertiary/aromatic N) is 4. The highest BCUT2D eigenvalue weighted by Gasteiger charge is 2.23. The smallest absolute Gasteiger partial charge is 0.267 e. The topological polar surface area (TPSA) is 94.6 Å². The van der Waals surface area contributed by atoms with Crippen LogP contribution in [0, 0.1) is 11.6 Å². The van der Waals surface area contributed by atoms with Crippen molar-refractivity contribution in [3.8, 4) is 11.3 Å². The summed E-state index contributed by atoms with van der Waals surface area (Å²) in [6.45, 7) is 5.70. The first-order valence-electron chi connectivity index (χ1n) is 8.74. The van der Waals surface area contributed by atoms with Gasteiger partial charge in [0.2, 0.25) is 0 Å². The number of rotatable bonds is 5. The Hall–Kier alpha value is -3.29. The van der Waals surface area contributed by atoms with Crippen molar-refractivity contribution in [3.63, 3.8) is 0 Å². The van der Waals surface area contributed by atoms with Crippen LogP contribution in [0.2, 0.25) is 0 Å². The Labute approximate surface area is 160 Å². The second-order valence-corrected chi connectivity index (χ2v) is 6.71. The van der Waals surface area contributed by atoms with Gasteiger partial charge >= 0.3 is 0 Å². The molecule has 3 rings (SSSR count). The number of hydrogen-bond acceptors (Lipinski definition) is 5. The molecule has 0 aliphatic carbocycles. The number of carbonyl (C=O) groups excluding carboxylic acids is 1. The summed E-state index contributed by atoms with van der Waals surface area (Å²) in [6, 6.07) is 6.70. The summed E-state index contributed by atoms with van der Waals surface area (Å²) in [7, 11) is 0. The summed E-state index contributed by atoms with van der Waals surface area (Å²) in [5.74, 6) is -2.11. The fourth-order valence-corrected chi connectivity index (χ4v) is 2.92. The zero-order valence-electron chi connectivity index (χ0n) is 15.6. The van der Waals surface area contributed by atoms with E-state index in [4.69, 9.17) is 5.73 Å². The molecule has 2 heterocycles. The number of halogens is 2. The molecule has 1 amide bonds. The standard InChI is InChI=1S/C20H19F2N5O/c1-10(2)12-9-16(17-13(21)5-4-6-14(17)22)26-27-18(12)11(3)20-24-8-7-15(25-20)19(23)28/h4-11H,1-3H3,(H2,23,28). The van der Waals surface area contributed by atoms with Gasteiger partial charge in [-0.05, 0) is 42.7 Å². The van der Waals surface area contributed by atoms with Crippen LogP contribution < -0.4 is 5.73 Å². The highest BCUT2D eigenvalue weighted by molar-refractivity contribution is 5.90. The van der Waals surface area contributed by atoms with Crippen LogP contribution >= 0.6 is 0 Å². The van der Waals surface area contributed by atoms with Crippen molar-refractivity contribution in [2.24, 2.45) is 5.73 Å². The maximum absolute atomic E-state index is 14.1.